The van der Waals surface area contributed by atoms with E-state index in [0.29, 0.717) is 0 Å². The van der Waals surface area contributed by atoms with E-state index < -0.39 is 6.04 Å². The third-order valence-corrected chi connectivity index (χ3v) is 2.26. The topological polar surface area (TPSA) is 38.7 Å². The number of carbonyl (C=O) groups excluding carboxylic acids is 1. The van der Waals surface area contributed by atoms with Crippen LogP contribution in [0.25, 0.3) is 0 Å². The fraction of sp³-hybridized carbons (Fsp3) is 0.385. The first kappa shape index (κ1) is 12.4. The lowest BCUT2D eigenvalue weighted by Gasteiger charge is -2.13. The number of methoxy groups -OCH3 is 1. The molecule has 0 radical (unpaired) electrons. The summed E-state index contributed by atoms with van der Waals surface area (Å²) < 4.78 is 4.71. The third-order valence-electron chi connectivity index (χ3n) is 2.26. The molecule has 0 spiro atoms. The summed E-state index contributed by atoms with van der Waals surface area (Å²) in [6.45, 7) is 3.90. The largest absolute Gasteiger partial charge is 0.467 e. The van der Waals surface area contributed by atoms with Crippen molar-refractivity contribution in [2.45, 2.75) is 19.9 Å². The number of benzene rings is 1. The Bertz CT molecular complexity index is 357. The molecule has 3 heteroatoms. The van der Waals surface area contributed by atoms with Gasteiger partial charge in [0, 0.05) is 6.21 Å². The van der Waals surface area contributed by atoms with Gasteiger partial charge in [0.1, 0.15) is 6.04 Å². The molecule has 0 aromatic heterocycles. The first-order valence-electron chi connectivity index (χ1n) is 5.31. The molecular weight excluding hydrogens is 202 g/mol. The summed E-state index contributed by atoms with van der Waals surface area (Å²) in [5.74, 6) is -0.158. The van der Waals surface area contributed by atoms with Crippen LogP contribution in [0.3, 0.4) is 0 Å². The van der Waals surface area contributed by atoms with Crippen molar-refractivity contribution >= 4 is 12.2 Å². The smallest absolute Gasteiger partial charge is 0.330 e. The van der Waals surface area contributed by atoms with Crippen molar-refractivity contribution in [1.82, 2.24) is 0 Å². The van der Waals surface area contributed by atoms with Crippen molar-refractivity contribution in [2.24, 2.45) is 10.9 Å². The number of hydrogen-bond donors (Lipinski definition) is 0. The van der Waals surface area contributed by atoms with Gasteiger partial charge >= 0.3 is 5.97 Å². The Kier molecular flexibility index (Phi) is 4.70. The van der Waals surface area contributed by atoms with Gasteiger partial charge in [0.2, 0.25) is 0 Å². The number of carbonyl (C=O) groups is 1. The van der Waals surface area contributed by atoms with Crippen LogP contribution in [0.4, 0.5) is 0 Å². The number of ether oxygens (including phenoxy) is 1. The molecule has 1 atom stereocenters. The van der Waals surface area contributed by atoms with Crippen molar-refractivity contribution in [2.75, 3.05) is 7.11 Å². The van der Waals surface area contributed by atoms with Crippen LogP contribution in [0.2, 0.25) is 0 Å². The number of nitrogens with zero attached hydrogens (tertiary/aromatic N) is 1. The Hall–Kier alpha value is -1.64. The van der Waals surface area contributed by atoms with Gasteiger partial charge in [0.25, 0.3) is 0 Å². The van der Waals surface area contributed by atoms with Crippen molar-refractivity contribution < 1.29 is 9.53 Å². The van der Waals surface area contributed by atoms with Crippen molar-refractivity contribution in [3.8, 4) is 0 Å². The maximum atomic E-state index is 11.4. The van der Waals surface area contributed by atoms with E-state index in [0.717, 1.165) is 5.56 Å². The number of esters is 1. The van der Waals surface area contributed by atoms with E-state index in [4.69, 9.17) is 4.74 Å². The van der Waals surface area contributed by atoms with Gasteiger partial charge in [-0.15, -0.1) is 0 Å². The summed E-state index contributed by atoms with van der Waals surface area (Å²) in [5, 5.41) is 0. The number of aliphatic imine (C=N–C) groups is 1. The highest BCUT2D eigenvalue weighted by molar-refractivity contribution is 5.84. The van der Waals surface area contributed by atoms with Gasteiger partial charge in [-0.2, -0.15) is 0 Å². The minimum absolute atomic E-state index is 0.132. The fourth-order valence-electron chi connectivity index (χ4n) is 1.33. The zero-order valence-electron chi connectivity index (χ0n) is 9.88. The summed E-state index contributed by atoms with van der Waals surface area (Å²) in [6.07, 6.45) is 1.71. The lowest BCUT2D eigenvalue weighted by atomic mass is 10.1. The molecule has 1 aromatic rings. The molecular formula is C13H17NO2. The molecule has 1 unspecified atom stereocenters. The van der Waals surface area contributed by atoms with Gasteiger partial charge in [-0.1, -0.05) is 44.2 Å². The second kappa shape index (κ2) is 6.05. The Morgan fingerprint density at radius 1 is 1.31 bits per heavy atom. The van der Waals surface area contributed by atoms with E-state index >= 15 is 0 Å². The van der Waals surface area contributed by atoms with Gasteiger partial charge in [0.05, 0.1) is 7.11 Å². The van der Waals surface area contributed by atoms with E-state index in [9.17, 15) is 4.79 Å². The van der Waals surface area contributed by atoms with Crippen molar-refractivity contribution in [3.63, 3.8) is 0 Å². The molecule has 0 aliphatic carbocycles. The zero-order chi connectivity index (χ0) is 12.0. The summed E-state index contributed by atoms with van der Waals surface area (Å²) in [6, 6.07) is 9.27. The molecule has 0 heterocycles. The van der Waals surface area contributed by atoms with Gasteiger partial charge in [-0.25, -0.2) is 4.79 Å². The average Bonchev–Trinajstić information content (AvgIpc) is 2.30. The second-order valence-electron chi connectivity index (χ2n) is 3.90. The van der Waals surface area contributed by atoms with E-state index in [1.807, 2.05) is 44.2 Å². The zero-order valence-corrected chi connectivity index (χ0v) is 9.88. The van der Waals surface area contributed by atoms with Crippen molar-refractivity contribution in [1.29, 1.82) is 0 Å². The fourth-order valence-corrected chi connectivity index (χ4v) is 1.33. The van der Waals surface area contributed by atoms with Crippen LogP contribution in [0.15, 0.2) is 35.3 Å². The van der Waals surface area contributed by atoms with E-state index in [-0.39, 0.29) is 11.9 Å². The molecule has 0 fully saturated rings. The minimum Gasteiger partial charge on any atom is -0.467 e. The summed E-state index contributed by atoms with van der Waals surface area (Å²) in [4.78, 5) is 15.7. The van der Waals surface area contributed by atoms with Crippen LogP contribution < -0.4 is 0 Å². The van der Waals surface area contributed by atoms with Gasteiger partial charge in [-0.3, -0.25) is 4.99 Å². The summed E-state index contributed by atoms with van der Waals surface area (Å²) in [7, 11) is 1.38. The predicted octanol–water partition coefficient (Wildman–Crippen LogP) is 2.30. The molecule has 0 saturated carbocycles. The van der Waals surface area contributed by atoms with Crippen LogP contribution in [-0.4, -0.2) is 25.3 Å². The standard InChI is InChI=1S/C13H17NO2/c1-10(2)12(13(15)16-3)14-9-11-7-5-4-6-8-11/h4-10,12H,1-3H3/b14-9-. The Labute approximate surface area is 96.2 Å². The quantitative estimate of drug-likeness (QED) is 0.575. The molecule has 0 N–H and O–H groups in total. The maximum Gasteiger partial charge on any atom is 0.330 e. The number of hydrogen-bond acceptors (Lipinski definition) is 3. The van der Waals surface area contributed by atoms with Gasteiger partial charge in [0.15, 0.2) is 0 Å². The maximum absolute atomic E-state index is 11.4. The lowest BCUT2D eigenvalue weighted by Crippen LogP contribution is -2.25. The minimum atomic E-state index is -0.426. The first-order chi connectivity index (χ1) is 7.65. The van der Waals surface area contributed by atoms with Crippen molar-refractivity contribution in [3.05, 3.63) is 35.9 Å². The Morgan fingerprint density at radius 2 is 1.94 bits per heavy atom. The normalized spacial score (nSPS) is 13.0. The van der Waals surface area contributed by atoms with Crippen LogP contribution in [0, 0.1) is 5.92 Å². The van der Waals surface area contributed by atoms with Crippen LogP contribution >= 0.6 is 0 Å². The van der Waals surface area contributed by atoms with Gasteiger partial charge < -0.3 is 4.74 Å². The van der Waals surface area contributed by atoms with Gasteiger partial charge in [-0.05, 0) is 11.5 Å². The number of rotatable bonds is 4. The monoisotopic (exact) mass is 219 g/mol. The van der Waals surface area contributed by atoms with E-state index in [1.165, 1.54) is 7.11 Å². The molecule has 0 aliphatic heterocycles. The molecule has 3 nitrogen and oxygen atoms in total. The Balaban J connectivity index is 2.76. The lowest BCUT2D eigenvalue weighted by molar-refractivity contribution is -0.143. The third kappa shape index (κ3) is 3.50. The van der Waals surface area contributed by atoms with E-state index in [1.54, 1.807) is 6.21 Å². The Morgan fingerprint density at radius 3 is 2.44 bits per heavy atom. The van der Waals surface area contributed by atoms with E-state index in [2.05, 4.69) is 4.99 Å². The highest BCUT2D eigenvalue weighted by atomic mass is 16.5. The van der Waals surface area contributed by atoms with Crippen LogP contribution in [-0.2, 0) is 9.53 Å². The highest BCUT2D eigenvalue weighted by Gasteiger charge is 2.20. The highest BCUT2D eigenvalue weighted by Crippen LogP contribution is 2.08. The van der Waals surface area contributed by atoms with Crippen LogP contribution in [0.1, 0.15) is 19.4 Å². The molecule has 0 saturated heterocycles. The molecule has 0 amide bonds. The molecule has 0 aliphatic rings. The SMILES string of the molecule is COC(=O)C(/N=C\c1ccccc1)C(C)C. The molecule has 86 valence electrons. The molecule has 16 heavy (non-hydrogen) atoms. The molecule has 0 bridgehead atoms. The summed E-state index contributed by atoms with van der Waals surface area (Å²) in [5.41, 5.74) is 0.983. The molecule has 1 rings (SSSR count). The predicted molar refractivity (Wildman–Crippen MR) is 64.7 cm³/mol. The second-order valence-corrected chi connectivity index (χ2v) is 3.90. The average molecular weight is 219 g/mol. The summed E-state index contributed by atoms with van der Waals surface area (Å²) >= 11 is 0. The first-order valence-corrected chi connectivity index (χ1v) is 5.31. The molecule has 1 aromatic carbocycles. The van der Waals surface area contributed by atoms with Crippen LogP contribution in [0.5, 0.6) is 0 Å².